The average molecular weight is 478 g/mol. The zero-order chi connectivity index (χ0) is 20.4. The number of hydrogen-bond acceptors (Lipinski definition) is 8. The summed E-state index contributed by atoms with van der Waals surface area (Å²) in [6.07, 6.45) is 1.56. The number of rotatable bonds is 7. The molecule has 0 unspecified atom stereocenters. The van der Waals surface area contributed by atoms with Crippen molar-refractivity contribution in [2.75, 3.05) is 20.1 Å². The third kappa shape index (κ3) is 4.59. The van der Waals surface area contributed by atoms with Gasteiger partial charge in [0.2, 0.25) is 11.7 Å². The van der Waals surface area contributed by atoms with Crippen molar-refractivity contribution in [3.63, 3.8) is 0 Å². The lowest BCUT2D eigenvalue weighted by Crippen LogP contribution is -2.28. The molecular formula is C20H24BrN5O2S. The van der Waals surface area contributed by atoms with E-state index in [-0.39, 0.29) is 6.04 Å². The van der Waals surface area contributed by atoms with Crippen LogP contribution in [0.25, 0.3) is 11.4 Å². The Labute approximate surface area is 182 Å². The van der Waals surface area contributed by atoms with Gasteiger partial charge in [-0.1, -0.05) is 28.0 Å². The fourth-order valence-corrected chi connectivity index (χ4v) is 4.76. The Morgan fingerprint density at radius 2 is 2.14 bits per heavy atom. The number of aromatic nitrogens is 3. The summed E-state index contributed by atoms with van der Waals surface area (Å²) in [5.74, 6) is 1.02. The first-order valence-electron chi connectivity index (χ1n) is 9.65. The molecule has 1 aromatic carbocycles. The van der Waals surface area contributed by atoms with Gasteiger partial charge < -0.3 is 14.9 Å². The minimum atomic E-state index is -1.03. The van der Waals surface area contributed by atoms with Crippen molar-refractivity contribution in [1.29, 1.82) is 0 Å². The highest BCUT2D eigenvalue weighted by molar-refractivity contribution is 9.10. The summed E-state index contributed by atoms with van der Waals surface area (Å²) in [7, 11) is 2.09. The fraction of sp³-hybridized carbons (Fsp3) is 0.450. The lowest BCUT2D eigenvalue weighted by molar-refractivity contribution is 0.0507. The van der Waals surface area contributed by atoms with Gasteiger partial charge in [0, 0.05) is 28.4 Å². The van der Waals surface area contributed by atoms with E-state index in [4.69, 9.17) is 9.51 Å². The third-order valence-corrected chi connectivity index (χ3v) is 6.43. The van der Waals surface area contributed by atoms with Gasteiger partial charge >= 0.3 is 0 Å². The van der Waals surface area contributed by atoms with Crippen molar-refractivity contribution in [2.24, 2.45) is 0 Å². The SMILES string of the molecule is CCCN(C)Cc1nc([C@]2(O)CN[C@@H](c3nc(-c4ccc(Br)cc4)no3)C2)cs1. The number of β-amino-alcohol motifs (C(OH)–C–C–N with tert-alkyl or cyclic N) is 1. The van der Waals surface area contributed by atoms with E-state index < -0.39 is 5.60 Å². The Bertz CT molecular complexity index is 960. The summed E-state index contributed by atoms with van der Waals surface area (Å²) in [5, 5.41) is 21.5. The number of thiazole rings is 1. The number of aliphatic hydroxyl groups is 1. The molecule has 1 fully saturated rings. The maximum absolute atomic E-state index is 11.2. The molecule has 1 aliphatic rings. The predicted octanol–water partition coefficient (Wildman–Crippen LogP) is 3.72. The number of halogens is 1. The molecule has 0 amide bonds. The number of nitrogens with zero attached hydrogens (tertiary/aromatic N) is 4. The average Bonchev–Trinajstić information content (AvgIpc) is 3.42. The molecule has 0 bridgehead atoms. The Kier molecular flexibility index (Phi) is 6.12. The Morgan fingerprint density at radius 1 is 1.34 bits per heavy atom. The van der Waals surface area contributed by atoms with Gasteiger partial charge in [-0.3, -0.25) is 4.90 Å². The lowest BCUT2D eigenvalue weighted by Gasteiger charge is -2.19. The van der Waals surface area contributed by atoms with E-state index in [0.29, 0.717) is 30.4 Å². The van der Waals surface area contributed by atoms with Crippen LogP contribution in [0.5, 0.6) is 0 Å². The molecular weight excluding hydrogens is 454 g/mol. The van der Waals surface area contributed by atoms with E-state index in [0.717, 1.165) is 34.6 Å². The van der Waals surface area contributed by atoms with Crippen molar-refractivity contribution in [3.05, 3.63) is 50.7 Å². The fourth-order valence-electron chi connectivity index (χ4n) is 3.53. The normalized spacial score (nSPS) is 21.9. The van der Waals surface area contributed by atoms with Crippen molar-refractivity contribution in [2.45, 2.75) is 38.0 Å². The summed E-state index contributed by atoms with van der Waals surface area (Å²) in [6.45, 7) is 4.39. The van der Waals surface area contributed by atoms with Crippen LogP contribution < -0.4 is 5.32 Å². The van der Waals surface area contributed by atoms with Crippen LogP contribution in [0.4, 0.5) is 0 Å². The molecule has 3 heterocycles. The van der Waals surface area contributed by atoms with Crippen molar-refractivity contribution < 1.29 is 9.63 Å². The zero-order valence-corrected chi connectivity index (χ0v) is 18.8. The smallest absolute Gasteiger partial charge is 0.244 e. The molecule has 4 rings (SSSR count). The van der Waals surface area contributed by atoms with Gasteiger partial charge in [0.15, 0.2) is 0 Å². The van der Waals surface area contributed by atoms with E-state index >= 15 is 0 Å². The van der Waals surface area contributed by atoms with Crippen LogP contribution in [0.15, 0.2) is 38.6 Å². The van der Waals surface area contributed by atoms with Crippen molar-refractivity contribution in [3.8, 4) is 11.4 Å². The Hall–Kier alpha value is -1.65. The van der Waals surface area contributed by atoms with Crippen LogP contribution in [-0.4, -0.2) is 45.3 Å². The van der Waals surface area contributed by atoms with Gasteiger partial charge in [-0.15, -0.1) is 11.3 Å². The highest BCUT2D eigenvalue weighted by Crippen LogP contribution is 2.37. The minimum Gasteiger partial charge on any atom is -0.382 e. The van der Waals surface area contributed by atoms with E-state index in [1.165, 1.54) is 0 Å². The van der Waals surface area contributed by atoms with Crippen LogP contribution in [0, 0.1) is 0 Å². The first kappa shape index (κ1) is 20.6. The summed E-state index contributed by atoms with van der Waals surface area (Å²) in [4.78, 5) is 11.5. The van der Waals surface area contributed by atoms with Crippen molar-refractivity contribution in [1.82, 2.24) is 25.3 Å². The molecule has 29 heavy (non-hydrogen) atoms. The van der Waals surface area contributed by atoms with Crippen LogP contribution >= 0.6 is 27.3 Å². The quantitative estimate of drug-likeness (QED) is 0.535. The Balaban J connectivity index is 1.45. The first-order valence-corrected chi connectivity index (χ1v) is 11.3. The van der Waals surface area contributed by atoms with Crippen LogP contribution in [0.2, 0.25) is 0 Å². The predicted molar refractivity (Wildman–Crippen MR) is 115 cm³/mol. The van der Waals surface area contributed by atoms with Gasteiger partial charge in [-0.25, -0.2) is 4.98 Å². The van der Waals surface area contributed by atoms with Gasteiger partial charge in [0.05, 0.1) is 18.3 Å². The second kappa shape index (κ2) is 8.61. The zero-order valence-electron chi connectivity index (χ0n) is 16.4. The van der Waals surface area contributed by atoms with Crippen LogP contribution in [0.3, 0.4) is 0 Å². The molecule has 1 aliphatic heterocycles. The molecule has 3 aromatic rings. The topological polar surface area (TPSA) is 87.3 Å². The summed E-state index contributed by atoms with van der Waals surface area (Å²) in [6, 6.07) is 7.54. The molecule has 0 spiro atoms. The lowest BCUT2D eigenvalue weighted by atomic mass is 9.97. The maximum atomic E-state index is 11.2. The van der Waals surface area contributed by atoms with E-state index in [1.807, 2.05) is 29.6 Å². The summed E-state index contributed by atoms with van der Waals surface area (Å²) >= 11 is 5.02. The molecule has 0 saturated carbocycles. The molecule has 7 nitrogen and oxygen atoms in total. The molecule has 0 aliphatic carbocycles. The van der Waals surface area contributed by atoms with Gasteiger partial charge in [-0.05, 0) is 44.3 Å². The van der Waals surface area contributed by atoms with E-state index in [2.05, 4.69) is 50.3 Å². The van der Waals surface area contributed by atoms with E-state index in [9.17, 15) is 5.11 Å². The molecule has 9 heteroatoms. The summed E-state index contributed by atoms with van der Waals surface area (Å²) in [5.41, 5.74) is 0.566. The number of hydrogen-bond donors (Lipinski definition) is 2. The second-order valence-corrected chi connectivity index (χ2v) is 9.35. The number of nitrogens with one attached hydrogen (secondary N) is 1. The maximum Gasteiger partial charge on any atom is 0.244 e. The minimum absolute atomic E-state index is 0.204. The molecule has 0 radical (unpaired) electrons. The molecule has 154 valence electrons. The standard InChI is InChI=1S/C20H24BrN5O2S/c1-3-8-26(2)10-17-23-16(11-29-17)20(27)9-15(22-12-20)19-24-18(25-28-19)13-4-6-14(21)7-5-13/h4-7,11,15,22,27H,3,8-10,12H2,1-2H3/t15-,20-/m1/s1. The van der Waals surface area contributed by atoms with Crippen molar-refractivity contribution >= 4 is 27.3 Å². The number of benzene rings is 1. The highest BCUT2D eigenvalue weighted by Gasteiger charge is 2.43. The van der Waals surface area contributed by atoms with Gasteiger partial charge in [-0.2, -0.15) is 4.98 Å². The van der Waals surface area contributed by atoms with E-state index in [1.54, 1.807) is 11.3 Å². The van der Waals surface area contributed by atoms with Gasteiger partial charge in [0.1, 0.15) is 10.6 Å². The molecule has 1 saturated heterocycles. The largest absolute Gasteiger partial charge is 0.382 e. The second-order valence-electron chi connectivity index (χ2n) is 7.50. The molecule has 2 atom stereocenters. The third-order valence-electron chi connectivity index (χ3n) is 5.06. The van der Waals surface area contributed by atoms with Crippen LogP contribution in [0.1, 0.15) is 42.4 Å². The highest BCUT2D eigenvalue weighted by atomic mass is 79.9. The van der Waals surface area contributed by atoms with Crippen LogP contribution in [-0.2, 0) is 12.1 Å². The van der Waals surface area contributed by atoms with Gasteiger partial charge in [0.25, 0.3) is 0 Å². The monoisotopic (exact) mass is 477 g/mol. The molecule has 2 aromatic heterocycles. The Morgan fingerprint density at radius 3 is 2.90 bits per heavy atom. The summed E-state index contributed by atoms with van der Waals surface area (Å²) < 4.78 is 6.47. The first-order chi connectivity index (χ1) is 14.0. The molecule has 2 N–H and O–H groups in total.